The third-order valence-electron chi connectivity index (χ3n) is 2.67. The Kier molecular flexibility index (Phi) is 3.80. The molecule has 96 valence electrons. The molecule has 2 aromatic rings. The molecule has 2 heterocycles. The lowest BCUT2D eigenvalue weighted by Crippen LogP contribution is -2.05. The summed E-state index contributed by atoms with van der Waals surface area (Å²) in [4.78, 5) is 31.3. The first-order chi connectivity index (χ1) is 9.06. The van der Waals surface area contributed by atoms with Crippen LogP contribution in [-0.4, -0.2) is 21.5 Å². The van der Waals surface area contributed by atoms with Crippen molar-refractivity contribution in [2.45, 2.75) is 20.3 Å². The van der Waals surface area contributed by atoms with Crippen molar-refractivity contribution < 1.29 is 9.59 Å². The van der Waals surface area contributed by atoms with E-state index in [9.17, 15) is 9.59 Å². The zero-order valence-electron chi connectivity index (χ0n) is 10.9. The molecule has 2 aromatic heterocycles. The molecule has 0 saturated carbocycles. The highest BCUT2D eigenvalue weighted by Crippen LogP contribution is 2.17. The van der Waals surface area contributed by atoms with Crippen LogP contribution in [0.4, 0.5) is 0 Å². The van der Waals surface area contributed by atoms with Crippen LogP contribution in [0.5, 0.6) is 0 Å². The minimum Gasteiger partial charge on any atom is -0.300 e. The number of pyridine rings is 2. The lowest BCUT2D eigenvalue weighted by Gasteiger charge is -2.03. The fraction of sp³-hybridized carbons (Fsp3) is 0.200. The second-order valence-electron chi connectivity index (χ2n) is 4.45. The predicted octanol–water partition coefficient (Wildman–Crippen LogP) is 2.61. The van der Waals surface area contributed by atoms with Gasteiger partial charge in [0.15, 0.2) is 5.78 Å². The molecule has 0 amide bonds. The van der Waals surface area contributed by atoms with Crippen molar-refractivity contribution in [3.05, 3.63) is 47.8 Å². The summed E-state index contributed by atoms with van der Waals surface area (Å²) in [5, 5.41) is 0. The SMILES string of the molecule is CC(=O)CC(=O)c1ccnc(-c2cc(C)ccn2)c1. The number of aryl methyl sites for hydroxylation is 1. The van der Waals surface area contributed by atoms with E-state index in [1.54, 1.807) is 24.5 Å². The molecule has 0 saturated heterocycles. The Morgan fingerprint density at radius 3 is 2.32 bits per heavy atom. The maximum atomic E-state index is 11.8. The molecular weight excluding hydrogens is 240 g/mol. The predicted molar refractivity (Wildman–Crippen MR) is 71.8 cm³/mol. The molecule has 2 rings (SSSR count). The molecule has 0 aliphatic heterocycles. The summed E-state index contributed by atoms with van der Waals surface area (Å²) in [5.74, 6) is -0.333. The second-order valence-corrected chi connectivity index (χ2v) is 4.45. The summed E-state index contributed by atoms with van der Waals surface area (Å²) in [5.41, 5.74) is 2.92. The van der Waals surface area contributed by atoms with Crippen molar-refractivity contribution in [2.24, 2.45) is 0 Å². The van der Waals surface area contributed by atoms with Gasteiger partial charge in [-0.25, -0.2) is 0 Å². The summed E-state index contributed by atoms with van der Waals surface area (Å²) < 4.78 is 0. The van der Waals surface area contributed by atoms with Gasteiger partial charge in [0, 0.05) is 18.0 Å². The summed E-state index contributed by atoms with van der Waals surface area (Å²) >= 11 is 0. The van der Waals surface area contributed by atoms with Crippen LogP contribution in [0.1, 0.15) is 29.3 Å². The molecule has 4 heteroatoms. The van der Waals surface area contributed by atoms with Gasteiger partial charge in [0.05, 0.1) is 17.8 Å². The Balaban J connectivity index is 2.34. The van der Waals surface area contributed by atoms with Gasteiger partial charge >= 0.3 is 0 Å². The number of carbonyl (C=O) groups is 2. The van der Waals surface area contributed by atoms with E-state index in [-0.39, 0.29) is 18.0 Å². The van der Waals surface area contributed by atoms with Crippen molar-refractivity contribution in [2.75, 3.05) is 0 Å². The molecule has 0 fully saturated rings. The van der Waals surface area contributed by atoms with Crippen LogP contribution in [0.3, 0.4) is 0 Å². The van der Waals surface area contributed by atoms with Gasteiger partial charge in [-0.05, 0) is 43.7 Å². The van der Waals surface area contributed by atoms with Crippen LogP contribution in [0, 0.1) is 6.92 Å². The molecule has 0 aliphatic carbocycles. The van der Waals surface area contributed by atoms with E-state index in [0.717, 1.165) is 11.3 Å². The summed E-state index contributed by atoms with van der Waals surface area (Å²) in [6.45, 7) is 3.37. The average molecular weight is 254 g/mol. The second kappa shape index (κ2) is 5.52. The highest BCUT2D eigenvalue weighted by atomic mass is 16.1. The third kappa shape index (κ3) is 3.31. The van der Waals surface area contributed by atoms with Crippen LogP contribution in [0.25, 0.3) is 11.4 Å². The van der Waals surface area contributed by atoms with Gasteiger partial charge in [-0.15, -0.1) is 0 Å². The number of Topliss-reactive ketones (excluding diaryl/α,β-unsaturated/α-hetero) is 2. The van der Waals surface area contributed by atoms with Crippen LogP contribution in [0.15, 0.2) is 36.7 Å². The monoisotopic (exact) mass is 254 g/mol. The van der Waals surface area contributed by atoms with Gasteiger partial charge in [-0.1, -0.05) is 0 Å². The van der Waals surface area contributed by atoms with E-state index in [1.165, 1.54) is 6.92 Å². The molecule has 0 aliphatic rings. The Labute approximate surface area is 111 Å². The maximum absolute atomic E-state index is 11.8. The lowest BCUT2D eigenvalue weighted by atomic mass is 10.1. The normalized spacial score (nSPS) is 10.2. The number of carbonyl (C=O) groups excluding carboxylic acids is 2. The summed E-state index contributed by atoms with van der Waals surface area (Å²) in [6, 6.07) is 7.09. The highest BCUT2D eigenvalue weighted by Gasteiger charge is 2.10. The molecule has 0 aromatic carbocycles. The van der Waals surface area contributed by atoms with Gasteiger partial charge < -0.3 is 0 Å². The van der Waals surface area contributed by atoms with Crippen LogP contribution in [-0.2, 0) is 4.79 Å². The first-order valence-electron chi connectivity index (χ1n) is 5.98. The molecule has 0 bridgehead atoms. The number of hydrogen-bond donors (Lipinski definition) is 0. The number of nitrogens with zero attached hydrogens (tertiary/aromatic N) is 2. The van der Waals surface area contributed by atoms with Crippen molar-refractivity contribution in [3.63, 3.8) is 0 Å². The van der Waals surface area contributed by atoms with Crippen molar-refractivity contribution in [1.82, 2.24) is 9.97 Å². The quantitative estimate of drug-likeness (QED) is 0.621. The van der Waals surface area contributed by atoms with Crippen LogP contribution in [0.2, 0.25) is 0 Å². The van der Waals surface area contributed by atoms with Crippen LogP contribution < -0.4 is 0 Å². The first kappa shape index (κ1) is 13.1. The summed E-state index contributed by atoms with van der Waals surface area (Å²) in [7, 11) is 0. The van der Waals surface area contributed by atoms with E-state index < -0.39 is 0 Å². The van der Waals surface area contributed by atoms with E-state index in [1.807, 2.05) is 19.1 Å². The minimum absolute atomic E-state index is 0.0787. The zero-order valence-corrected chi connectivity index (χ0v) is 10.9. The number of rotatable bonds is 4. The zero-order chi connectivity index (χ0) is 13.8. The smallest absolute Gasteiger partial charge is 0.170 e. The topological polar surface area (TPSA) is 59.9 Å². The number of ketones is 2. The van der Waals surface area contributed by atoms with Gasteiger partial charge in [0.2, 0.25) is 0 Å². The van der Waals surface area contributed by atoms with Crippen LogP contribution >= 0.6 is 0 Å². The van der Waals surface area contributed by atoms with Gasteiger partial charge in [-0.3, -0.25) is 19.6 Å². The largest absolute Gasteiger partial charge is 0.300 e. The molecule has 0 spiro atoms. The first-order valence-corrected chi connectivity index (χ1v) is 5.98. The highest BCUT2D eigenvalue weighted by molar-refractivity contribution is 6.07. The van der Waals surface area contributed by atoms with Crippen molar-refractivity contribution in [3.8, 4) is 11.4 Å². The van der Waals surface area contributed by atoms with E-state index in [4.69, 9.17) is 0 Å². The fourth-order valence-electron chi connectivity index (χ4n) is 1.75. The molecule has 0 radical (unpaired) electrons. The van der Waals surface area contributed by atoms with Gasteiger partial charge in [0.25, 0.3) is 0 Å². The molecule has 0 atom stereocenters. The third-order valence-corrected chi connectivity index (χ3v) is 2.67. The van der Waals surface area contributed by atoms with E-state index in [2.05, 4.69) is 9.97 Å². The Hall–Kier alpha value is -2.36. The molecule has 0 N–H and O–H groups in total. The average Bonchev–Trinajstić information content (AvgIpc) is 2.38. The van der Waals surface area contributed by atoms with Crippen molar-refractivity contribution >= 4 is 11.6 Å². The Morgan fingerprint density at radius 2 is 1.68 bits per heavy atom. The molecule has 19 heavy (non-hydrogen) atoms. The summed E-state index contributed by atoms with van der Waals surface area (Å²) in [6.07, 6.45) is 3.19. The maximum Gasteiger partial charge on any atom is 0.170 e. The van der Waals surface area contributed by atoms with Gasteiger partial charge in [-0.2, -0.15) is 0 Å². The van der Waals surface area contributed by atoms with E-state index >= 15 is 0 Å². The molecule has 4 nitrogen and oxygen atoms in total. The number of aromatic nitrogens is 2. The lowest BCUT2D eigenvalue weighted by molar-refractivity contribution is -0.116. The van der Waals surface area contributed by atoms with Gasteiger partial charge in [0.1, 0.15) is 5.78 Å². The molecule has 0 unspecified atom stereocenters. The fourth-order valence-corrected chi connectivity index (χ4v) is 1.75. The Bertz CT molecular complexity index is 636. The van der Waals surface area contributed by atoms with Crippen molar-refractivity contribution in [1.29, 1.82) is 0 Å². The standard InChI is InChI=1S/C15H14N2O2/c1-10-3-5-16-13(7-10)14-9-12(4-6-17-14)15(19)8-11(2)18/h3-7,9H,8H2,1-2H3. The Morgan fingerprint density at radius 1 is 1.05 bits per heavy atom. The van der Waals surface area contributed by atoms with E-state index in [0.29, 0.717) is 11.3 Å². The molecular formula is C15H14N2O2. The number of hydrogen-bond acceptors (Lipinski definition) is 4. The minimum atomic E-state index is -0.191.